The Kier molecular flexibility index (Phi) is 7.40. The molecule has 0 N–H and O–H groups in total. The minimum Gasteiger partial charge on any atom is -0.454 e. The average molecular weight is 476 g/mol. The summed E-state index contributed by atoms with van der Waals surface area (Å²) in [6.07, 6.45) is 0. The van der Waals surface area contributed by atoms with Gasteiger partial charge in [-0.25, -0.2) is 17.6 Å². The standard InChI is InChI=1S/C23H19ClFNO5S/c1-26(14-16-7-3-2-4-8-16)32(29,30)17-11-12-20(24)19(13-17)23(28)31-15-22(27)18-9-5-6-10-21(18)25/h2-13H,14-15H2,1H3. The molecule has 0 aliphatic rings. The molecule has 0 saturated heterocycles. The van der Waals surface area contributed by atoms with E-state index in [1.165, 1.54) is 37.4 Å². The lowest BCUT2D eigenvalue weighted by Crippen LogP contribution is -2.26. The predicted molar refractivity (Wildman–Crippen MR) is 118 cm³/mol. The Morgan fingerprint density at radius 1 is 0.969 bits per heavy atom. The molecule has 0 radical (unpaired) electrons. The highest BCUT2D eigenvalue weighted by atomic mass is 35.5. The molecular weight excluding hydrogens is 457 g/mol. The van der Waals surface area contributed by atoms with Crippen LogP contribution in [0, 0.1) is 5.82 Å². The Morgan fingerprint density at radius 2 is 1.62 bits per heavy atom. The molecule has 0 fully saturated rings. The number of carbonyl (C=O) groups is 2. The van der Waals surface area contributed by atoms with Crippen LogP contribution in [0.5, 0.6) is 0 Å². The third-order valence-corrected chi connectivity index (χ3v) is 6.75. The van der Waals surface area contributed by atoms with Crippen LogP contribution in [-0.2, 0) is 21.3 Å². The molecule has 9 heteroatoms. The first-order valence-corrected chi connectivity index (χ1v) is 11.3. The molecule has 0 aliphatic carbocycles. The van der Waals surface area contributed by atoms with Crippen molar-refractivity contribution in [2.75, 3.05) is 13.7 Å². The second-order valence-corrected chi connectivity index (χ2v) is 9.32. The van der Waals surface area contributed by atoms with Crippen molar-refractivity contribution >= 4 is 33.4 Å². The molecule has 0 aromatic heterocycles. The van der Waals surface area contributed by atoms with Crippen LogP contribution in [0.25, 0.3) is 0 Å². The Balaban J connectivity index is 1.76. The monoisotopic (exact) mass is 475 g/mol. The second kappa shape index (κ2) is 10.0. The van der Waals surface area contributed by atoms with Crippen LogP contribution in [0.2, 0.25) is 5.02 Å². The molecule has 32 heavy (non-hydrogen) atoms. The molecule has 3 aromatic carbocycles. The Hall–Kier alpha value is -3.07. The van der Waals surface area contributed by atoms with Gasteiger partial charge < -0.3 is 4.74 Å². The Labute approximate surface area is 190 Å². The molecule has 3 aromatic rings. The molecule has 0 unspecified atom stereocenters. The minimum absolute atomic E-state index is 0.0435. The number of benzene rings is 3. The molecule has 0 atom stereocenters. The number of sulfonamides is 1. The zero-order valence-corrected chi connectivity index (χ0v) is 18.6. The van der Waals surface area contributed by atoms with Crippen LogP contribution >= 0.6 is 11.6 Å². The minimum atomic E-state index is -3.94. The van der Waals surface area contributed by atoms with Gasteiger partial charge >= 0.3 is 5.97 Å². The number of ketones is 1. The zero-order valence-electron chi connectivity index (χ0n) is 17.0. The van der Waals surface area contributed by atoms with Gasteiger partial charge in [0.2, 0.25) is 15.8 Å². The lowest BCUT2D eigenvalue weighted by molar-refractivity contribution is 0.0473. The van der Waals surface area contributed by atoms with Crippen molar-refractivity contribution in [3.63, 3.8) is 0 Å². The van der Waals surface area contributed by atoms with Gasteiger partial charge in [-0.15, -0.1) is 0 Å². The van der Waals surface area contributed by atoms with E-state index in [0.29, 0.717) is 0 Å². The molecule has 0 amide bonds. The summed E-state index contributed by atoms with van der Waals surface area (Å²) >= 11 is 6.05. The number of hydrogen-bond donors (Lipinski definition) is 0. The van der Waals surface area contributed by atoms with Crippen LogP contribution in [-0.4, -0.2) is 38.1 Å². The van der Waals surface area contributed by atoms with Gasteiger partial charge in [-0.3, -0.25) is 4.79 Å². The van der Waals surface area contributed by atoms with E-state index < -0.39 is 34.2 Å². The normalized spacial score (nSPS) is 11.4. The number of hydrogen-bond acceptors (Lipinski definition) is 5. The lowest BCUT2D eigenvalue weighted by Gasteiger charge is -2.18. The molecule has 166 valence electrons. The Morgan fingerprint density at radius 3 is 2.31 bits per heavy atom. The first-order valence-electron chi connectivity index (χ1n) is 9.45. The molecule has 6 nitrogen and oxygen atoms in total. The van der Waals surface area contributed by atoms with Gasteiger partial charge in [0.05, 0.1) is 21.0 Å². The summed E-state index contributed by atoms with van der Waals surface area (Å²) in [5.74, 6) is -2.47. The van der Waals surface area contributed by atoms with Crippen molar-refractivity contribution in [3.8, 4) is 0 Å². The highest BCUT2D eigenvalue weighted by molar-refractivity contribution is 7.89. The van der Waals surface area contributed by atoms with Gasteiger partial charge in [0.15, 0.2) is 6.61 Å². The molecule has 0 spiro atoms. The fraction of sp³-hybridized carbons (Fsp3) is 0.130. The Bertz CT molecular complexity index is 1250. The highest BCUT2D eigenvalue weighted by Crippen LogP contribution is 2.24. The van der Waals surface area contributed by atoms with Crippen LogP contribution in [0.4, 0.5) is 4.39 Å². The molecule has 0 aliphatic heterocycles. The summed E-state index contributed by atoms with van der Waals surface area (Å²) in [4.78, 5) is 24.4. The van der Waals surface area contributed by atoms with Crippen molar-refractivity contribution in [2.45, 2.75) is 11.4 Å². The molecular formula is C23H19ClFNO5S. The molecule has 3 rings (SSSR count). The predicted octanol–water partition coefficient (Wildman–Crippen LogP) is 4.34. The number of halogens is 2. The van der Waals surface area contributed by atoms with E-state index in [4.69, 9.17) is 16.3 Å². The van der Waals surface area contributed by atoms with Crippen molar-refractivity contribution in [1.82, 2.24) is 4.31 Å². The maximum atomic E-state index is 13.7. The largest absolute Gasteiger partial charge is 0.454 e. The maximum Gasteiger partial charge on any atom is 0.340 e. The number of carbonyl (C=O) groups excluding carboxylic acids is 2. The van der Waals surface area contributed by atoms with Gasteiger partial charge in [-0.1, -0.05) is 54.1 Å². The maximum absolute atomic E-state index is 13.7. The van der Waals surface area contributed by atoms with Gasteiger partial charge in [-0.05, 0) is 35.9 Å². The summed E-state index contributed by atoms with van der Waals surface area (Å²) in [5.41, 5.74) is 0.353. The van der Waals surface area contributed by atoms with Crippen molar-refractivity contribution in [3.05, 3.63) is 100 Å². The summed E-state index contributed by atoms with van der Waals surface area (Å²) < 4.78 is 45.7. The number of ether oxygens (including phenoxy) is 1. The summed E-state index contributed by atoms with van der Waals surface area (Å²) in [7, 11) is -2.52. The number of esters is 1. The summed E-state index contributed by atoms with van der Waals surface area (Å²) in [6.45, 7) is -0.594. The first kappa shape index (κ1) is 23.6. The summed E-state index contributed by atoms with van der Waals surface area (Å²) in [5, 5.41) is -0.0435. The molecule has 0 bridgehead atoms. The quantitative estimate of drug-likeness (QED) is 0.357. The number of nitrogens with zero attached hydrogens (tertiary/aromatic N) is 1. The van der Waals surface area contributed by atoms with E-state index in [9.17, 15) is 22.4 Å². The highest BCUT2D eigenvalue weighted by Gasteiger charge is 2.24. The second-order valence-electron chi connectivity index (χ2n) is 6.87. The number of rotatable bonds is 8. The molecule has 0 saturated carbocycles. The summed E-state index contributed by atoms with van der Waals surface area (Å²) in [6, 6.07) is 18.0. The first-order chi connectivity index (χ1) is 15.2. The van der Waals surface area contributed by atoms with Crippen LogP contribution < -0.4 is 0 Å². The fourth-order valence-electron chi connectivity index (χ4n) is 2.90. The van der Waals surface area contributed by atoms with Gasteiger partial charge in [0, 0.05) is 13.6 Å². The van der Waals surface area contributed by atoms with Gasteiger partial charge in [-0.2, -0.15) is 4.31 Å². The topological polar surface area (TPSA) is 80.8 Å². The smallest absolute Gasteiger partial charge is 0.340 e. The van der Waals surface area contributed by atoms with Crippen molar-refractivity contribution in [1.29, 1.82) is 0 Å². The zero-order chi connectivity index (χ0) is 23.3. The van der Waals surface area contributed by atoms with Crippen LogP contribution in [0.3, 0.4) is 0 Å². The third kappa shape index (κ3) is 5.40. The fourth-order valence-corrected chi connectivity index (χ4v) is 4.28. The van der Waals surface area contributed by atoms with Crippen molar-refractivity contribution in [2.24, 2.45) is 0 Å². The van der Waals surface area contributed by atoms with E-state index >= 15 is 0 Å². The van der Waals surface area contributed by atoms with E-state index in [-0.39, 0.29) is 27.6 Å². The van der Waals surface area contributed by atoms with E-state index in [1.807, 2.05) is 6.07 Å². The lowest BCUT2D eigenvalue weighted by atomic mass is 10.1. The number of Topliss-reactive ketones (excluding diaryl/α,β-unsaturated/α-hetero) is 1. The van der Waals surface area contributed by atoms with E-state index in [1.54, 1.807) is 24.3 Å². The van der Waals surface area contributed by atoms with E-state index in [2.05, 4.69) is 0 Å². The van der Waals surface area contributed by atoms with Crippen LogP contribution in [0.15, 0.2) is 77.7 Å². The van der Waals surface area contributed by atoms with Crippen LogP contribution in [0.1, 0.15) is 26.3 Å². The van der Waals surface area contributed by atoms with Crippen molar-refractivity contribution < 1.29 is 27.1 Å². The molecule has 0 heterocycles. The third-order valence-electron chi connectivity index (χ3n) is 4.62. The SMILES string of the molecule is CN(Cc1ccccc1)S(=O)(=O)c1ccc(Cl)c(C(=O)OCC(=O)c2ccccc2F)c1. The van der Waals surface area contributed by atoms with Gasteiger partial charge in [0.1, 0.15) is 5.82 Å². The van der Waals surface area contributed by atoms with E-state index in [0.717, 1.165) is 22.0 Å². The van der Waals surface area contributed by atoms with Gasteiger partial charge in [0.25, 0.3) is 0 Å². The average Bonchev–Trinajstić information content (AvgIpc) is 2.78.